The average Bonchev–Trinajstić information content (AvgIpc) is 2.78. The van der Waals surface area contributed by atoms with E-state index in [0.29, 0.717) is 36.2 Å². The van der Waals surface area contributed by atoms with Crippen molar-refractivity contribution in [3.63, 3.8) is 0 Å². The van der Waals surface area contributed by atoms with E-state index in [1.54, 1.807) is 6.07 Å². The smallest absolute Gasteiger partial charge is 0.271 e. The molecule has 164 valence electrons. The Morgan fingerprint density at radius 2 is 2.16 bits per heavy atom. The minimum absolute atomic E-state index is 0.0377. The van der Waals surface area contributed by atoms with Crippen molar-refractivity contribution in [2.45, 2.75) is 19.5 Å². The minimum Gasteiger partial charge on any atom is -0.507 e. The Morgan fingerprint density at radius 1 is 1.34 bits per heavy atom. The molecule has 2 aliphatic rings. The summed E-state index contributed by atoms with van der Waals surface area (Å²) in [6.45, 7) is 4.43. The maximum Gasteiger partial charge on any atom is 0.271 e. The van der Waals surface area contributed by atoms with Crippen molar-refractivity contribution in [2.75, 3.05) is 31.1 Å². The van der Waals surface area contributed by atoms with Gasteiger partial charge in [0.2, 0.25) is 0 Å². The third-order valence-electron chi connectivity index (χ3n) is 6.13. The van der Waals surface area contributed by atoms with Gasteiger partial charge in [-0.25, -0.2) is 4.39 Å². The summed E-state index contributed by atoms with van der Waals surface area (Å²) in [6.07, 6.45) is 0. The lowest BCUT2D eigenvalue weighted by atomic mass is 9.97. The highest BCUT2D eigenvalue weighted by atomic mass is 35.5. The topological polar surface area (TPSA) is 90.5 Å². The number of aromatic hydroxyl groups is 1. The molecule has 0 saturated carbocycles. The van der Waals surface area contributed by atoms with Crippen LogP contribution in [0.2, 0.25) is 5.02 Å². The summed E-state index contributed by atoms with van der Waals surface area (Å²) in [5.41, 5.74) is 0.690. The molecule has 0 spiro atoms. The molecular weight excluding hydrogens is 435 g/mol. The fraction of sp³-hybridized carbons (Fsp3) is 0.304. The second-order valence-corrected chi connectivity index (χ2v) is 8.39. The number of pyridine rings is 1. The Morgan fingerprint density at radius 3 is 2.88 bits per heavy atom. The Labute approximate surface area is 188 Å². The highest BCUT2D eigenvalue weighted by Crippen LogP contribution is 2.49. The molecule has 3 heterocycles. The van der Waals surface area contributed by atoms with Crippen LogP contribution in [-0.2, 0) is 6.54 Å². The molecule has 2 aliphatic heterocycles. The average molecular weight is 455 g/mol. The maximum absolute atomic E-state index is 14.8. The van der Waals surface area contributed by atoms with E-state index in [0.717, 1.165) is 0 Å². The number of phenols is 1. The molecule has 0 aliphatic carbocycles. The lowest BCUT2D eigenvalue weighted by Gasteiger charge is -2.38. The molecule has 2 N–H and O–H groups in total. The van der Waals surface area contributed by atoms with Crippen molar-refractivity contribution in [3.8, 4) is 28.7 Å². The lowest BCUT2D eigenvalue weighted by Crippen LogP contribution is -2.50. The second kappa shape index (κ2) is 7.69. The Kier molecular flexibility index (Phi) is 4.96. The van der Waals surface area contributed by atoms with E-state index >= 15 is 0 Å². The second-order valence-electron chi connectivity index (χ2n) is 7.98. The minimum atomic E-state index is -0.657. The van der Waals surface area contributed by atoms with Crippen molar-refractivity contribution in [3.05, 3.63) is 51.0 Å². The molecule has 0 radical (unpaired) electrons. The van der Waals surface area contributed by atoms with Gasteiger partial charge in [-0.1, -0.05) is 17.7 Å². The first-order chi connectivity index (χ1) is 15.4. The van der Waals surface area contributed by atoms with Gasteiger partial charge >= 0.3 is 0 Å². The standard InChI is InChI=1S/C23H20ClFN4O3/c1-12-11-27-5-6-28(12)20-13-9-15(24)18(19-16(25)3-2-4-17(19)30)22-21(13)29(7-8-32-22)23(31)14(20)10-26/h2-4,9,12,27,30H,5-8,11H2,1H3/t12-/m0/s1. The number of hydrogen-bond acceptors (Lipinski definition) is 6. The molecule has 32 heavy (non-hydrogen) atoms. The largest absolute Gasteiger partial charge is 0.507 e. The Hall–Kier alpha value is -3.28. The van der Waals surface area contributed by atoms with Crippen LogP contribution >= 0.6 is 11.6 Å². The van der Waals surface area contributed by atoms with Gasteiger partial charge in [0.15, 0.2) is 5.75 Å². The van der Waals surface area contributed by atoms with Crippen LogP contribution in [0.4, 0.5) is 10.1 Å². The van der Waals surface area contributed by atoms with Gasteiger partial charge in [-0.3, -0.25) is 4.79 Å². The predicted molar refractivity (Wildman–Crippen MR) is 120 cm³/mol. The van der Waals surface area contributed by atoms with Gasteiger partial charge < -0.3 is 24.6 Å². The number of anilines is 1. The molecule has 1 atom stereocenters. The van der Waals surface area contributed by atoms with Gasteiger partial charge in [-0.05, 0) is 25.1 Å². The summed E-state index contributed by atoms with van der Waals surface area (Å²) in [5.74, 6) is -0.713. The van der Waals surface area contributed by atoms with Crippen LogP contribution in [0.1, 0.15) is 12.5 Å². The van der Waals surface area contributed by atoms with Crippen LogP contribution < -0.4 is 20.5 Å². The van der Waals surface area contributed by atoms with E-state index in [-0.39, 0.29) is 52.4 Å². The third kappa shape index (κ3) is 2.93. The number of aromatic nitrogens is 1. The van der Waals surface area contributed by atoms with E-state index in [2.05, 4.69) is 11.4 Å². The molecule has 0 unspecified atom stereocenters. The quantitative estimate of drug-likeness (QED) is 0.618. The van der Waals surface area contributed by atoms with E-state index in [9.17, 15) is 19.6 Å². The van der Waals surface area contributed by atoms with Gasteiger partial charge in [0.05, 0.1) is 33.9 Å². The molecule has 1 fully saturated rings. The molecular formula is C23H20ClFN4O3. The monoisotopic (exact) mass is 454 g/mol. The van der Waals surface area contributed by atoms with E-state index < -0.39 is 11.4 Å². The number of phenolic OH excluding ortho intramolecular Hbond substituents is 1. The van der Waals surface area contributed by atoms with Crippen LogP contribution in [0.25, 0.3) is 22.0 Å². The van der Waals surface area contributed by atoms with Gasteiger partial charge in [0.1, 0.15) is 29.8 Å². The summed E-state index contributed by atoms with van der Waals surface area (Å²) >= 11 is 6.67. The summed E-state index contributed by atoms with van der Waals surface area (Å²) in [6, 6.07) is 7.76. The van der Waals surface area contributed by atoms with Crippen LogP contribution in [0.3, 0.4) is 0 Å². The zero-order chi connectivity index (χ0) is 22.6. The molecule has 2 aromatic carbocycles. The van der Waals surface area contributed by atoms with E-state index in [1.165, 1.54) is 22.8 Å². The summed E-state index contributed by atoms with van der Waals surface area (Å²) in [7, 11) is 0. The van der Waals surface area contributed by atoms with Crippen molar-refractivity contribution < 1.29 is 14.2 Å². The number of nitrogens with zero attached hydrogens (tertiary/aromatic N) is 3. The summed E-state index contributed by atoms with van der Waals surface area (Å²) < 4.78 is 22.2. The normalized spacial score (nSPS) is 17.8. The summed E-state index contributed by atoms with van der Waals surface area (Å²) in [4.78, 5) is 15.4. The van der Waals surface area contributed by atoms with Gasteiger partial charge in [0.25, 0.3) is 5.56 Å². The van der Waals surface area contributed by atoms with Crippen molar-refractivity contribution in [2.24, 2.45) is 0 Å². The predicted octanol–water partition coefficient (Wildman–Crippen LogP) is 3.23. The lowest BCUT2D eigenvalue weighted by molar-refractivity contribution is 0.285. The third-order valence-corrected chi connectivity index (χ3v) is 6.43. The highest BCUT2D eigenvalue weighted by molar-refractivity contribution is 6.35. The van der Waals surface area contributed by atoms with E-state index in [1.807, 2.05) is 11.8 Å². The van der Waals surface area contributed by atoms with Crippen LogP contribution in [0.15, 0.2) is 29.1 Å². The maximum atomic E-state index is 14.8. The molecule has 9 heteroatoms. The number of rotatable bonds is 2. The molecule has 5 rings (SSSR count). The molecule has 0 amide bonds. The van der Waals surface area contributed by atoms with Gasteiger partial charge in [-0.2, -0.15) is 5.26 Å². The molecule has 1 aromatic heterocycles. The molecule has 0 bridgehead atoms. The Balaban J connectivity index is 1.93. The van der Waals surface area contributed by atoms with Crippen molar-refractivity contribution >= 4 is 28.2 Å². The van der Waals surface area contributed by atoms with Crippen LogP contribution in [0, 0.1) is 17.1 Å². The zero-order valence-corrected chi connectivity index (χ0v) is 18.0. The zero-order valence-electron chi connectivity index (χ0n) is 17.3. The number of nitrogens with one attached hydrogen (secondary N) is 1. The van der Waals surface area contributed by atoms with Gasteiger partial charge in [0, 0.05) is 31.1 Å². The number of ether oxygens (including phenoxy) is 1. The van der Waals surface area contributed by atoms with Crippen molar-refractivity contribution in [1.29, 1.82) is 5.26 Å². The fourth-order valence-corrected chi connectivity index (χ4v) is 4.99. The molecule has 7 nitrogen and oxygen atoms in total. The number of piperazine rings is 1. The Bertz CT molecular complexity index is 1340. The number of benzene rings is 2. The first-order valence-electron chi connectivity index (χ1n) is 10.3. The first kappa shape index (κ1) is 20.6. The number of nitriles is 1. The molecule has 3 aromatic rings. The number of hydrogen-bond donors (Lipinski definition) is 2. The van der Waals surface area contributed by atoms with E-state index in [4.69, 9.17) is 16.3 Å². The van der Waals surface area contributed by atoms with Crippen molar-refractivity contribution in [1.82, 2.24) is 9.88 Å². The molecule has 1 saturated heterocycles. The first-order valence-corrected chi connectivity index (χ1v) is 10.7. The highest BCUT2D eigenvalue weighted by Gasteiger charge is 2.32. The number of halogens is 2. The summed E-state index contributed by atoms with van der Waals surface area (Å²) in [5, 5.41) is 24.4. The van der Waals surface area contributed by atoms with Crippen LogP contribution in [0.5, 0.6) is 11.5 Å². The fourth-order valence-electron chi connectivity index (χ4n) is 4.70. The van der Waals surface area contributed by atoms with Crippen LogP contribution in [-0.4, -0.2) is 42.0 Å². The van der Waals surface area contributed by atoms with Gasteiger partial charge in [-0.15, -0.1) is 0 Å². The SMILES string of the molecule is C[C@H]1CNCCN1c1c(C#N)c(=O)n2c3c(c(-c4c(O)cccc4F)c(Cl)cc13)OCC2.